The van der Waals surface area contributed by atoms with Crippen LogP contribution in [0.5, 0.6) is 5.75 Å². The summed E-state index contributed by atoms with van der Waals surface area (Å²) in [5, 5.41) is 0.461. The molecule has 1 unspecified atom stereocenters. The molecule has 11 heteroatoms. The van der Waals surface area contributed by atoms with Crippen LogP contribution in [-0.2, 0) is 16.0 Å². The lowest BCUT2D eigenvalue weighted by atomic mass is 9.99. The van der Waals surface area contributed by atoms with E-state index >= 15 is 0 Å². The molecule has 9 nitrogen and oxygen atoms in total. The SMILES string of the molecule is COCCC(C(=O)Cc1ccc(C(N)=O)c(F)c1)n1cc(OC)c(-c2cc(Cl)ccc2-n2ccnc2)cc1=O. The number of nitrogens with zero attached hydrogens (tertiary/aromatic N) is 3. The number of carbonyl (C=O) groups is 2. The van der Waals surface area contributed by atoms with Crippen LogP contribution in [0, 0.1) is 5.82 Å². The molecule has 0 aliphatic carbocycles. The van der Waals surface area contributed by atoms with Crippen LogP contribution < -0.4 is 16.0 Å². The molecular formula is C28H26ClFN4O5. The topological polar surface area (TPSA) is 118 Å². The van der Waals surface area contributed by atoms with Gasteiger partial charge in [0, 0.05) is 54.7 Å². The van der Waals surface area contributed by atoms with Crippen LogP contribution in [0.2, 0.25) is 5.02 Å². The van der Waals surface area contributed by atoms with Gasteiger partial charge in [-0.25, -0.2) is 9.37 Å². The first kappa shape index (κ1) is 27.7. The minimum atomic E-state index is -0.924. The van der Waals surface area contributed by atoms with E-state index in [-0.39, 0.29) is 30.8 Å². The van der Waals surface area contributed by atoms with Gasteiger partial charge >= 0.3 is 0 Å². The average Bonchev–Trinajstić information content (AvgIpc) is 3.44. The maximum Gasteiger partial charge on any atom is 0.252 e. The highest BCUT2D eigenvalue weighted by molar-refractivity contribution is 6.31. The molecule has 0 fully saturated rings. The van der Waals surface area contributed by atoms with E-state index in [0.717, 1.165) is 11.8 Å². The summed E-state index contributed by atoms with van der Waals surface area (Å²) in [6.07, 6.45) is 6.51. The summed E-state index contributed by atoms with van der Waals surface area (Å²) in [5.74, 6) is -1.74. The number of benzene rings is 2. The van der Waals surface area contributed by atoms with Crippen molar-refractivity contribution in [3.05, 3.63) is 99.7 Å². The number of hydrogen-bond donors (Lipinski definition) is 1. The first-order valence-electron chi connectivity index (χ1n) is 11.9. The Hall–Kier alpha value is -4.28. The number of ether oxygens (including phenoxy) is 2. The number of halogens is 2. The Kier molecular flexibility index (Phi) is 8.58. The highest BCUT2D eigenvalue weighted by Crippen LogP contribution is 2.35. The van der Waals surface area contributed by atoms with Gasteiger partial charge in [-0.05, 0) is 42.3 Å². The molecule has 4 rings (SSSR count). The molecule has 4 aromatic rings. The summed E-state index contributed by atoms with van der Waals surface area (Å²) in [6, 6.07) is 9.50. The molecule has 2 aromatic heterocycles. The van der Waals surface area contributed by atoms with Gasteiger partial charge < -0.3 is 24.3 Å². The van der Waals surface area contributed by atoms with Crippen LogP contribution in [0.4, 0.5) is 4.39 Å². The molecule has 2 aromatic carbocycles. The van der Waals surface area contributed by atoms with E-state index in [4.69, 9.17) is 26.8 Å². The quantitative estimate of drug-likeness (QED) is 0.300. The highest BCUT2D eigenvalue weighted by atomic mass is 35.5. The molecule has 0 saturated heterocycles. The smallest absolute Gasteiger partial charge is 0.252 e. The Balaban J connectivity index is 1.75. The molecule has 202 valence electrons. The van der Waals surface area contributed by atoms with Crippen molar-refractivity contribution >= 4 is 23.3 Å². The number of aromatic nitrogens is 3. The number of amides is 1. The number of methoxy groups -OCH3 is 2. The van der Waals surface area contributed by atoms with E-state index in [1.165, 1.54) is 43.2 Å². The van der Waals surface area contributed by atoms with Gasteiger partial charge in [0.2, 0.25) is 0 Å². The molecule has 0 radical (unpaired) electrons. The van der Waals surface area contributed by atoms with E-state index in [2.05, 4.69) is 4.98 Å². The van der Waals surface area contributed by atoms with E-state index in [9.17, 15) is 18.8 Å². The summed E-state index contributed by atoms with van der Waals surface area (Å²) in [4.78, 5) is 42.3. The molecule has 39 heavy (non-hydrogen) atoms. The van der Waals surface area contributed by atoms with Gasteiger partial charge in [-0.2, -0.15) is 0 Å². The summed E-state index contributed by atoms with van der Waals surface area (Å²) in [7, 11) is 2.95. The Morgan fingerprint density at radius 1 is 1.13 bits per heavy atom. The fraction of sp³-hybridized carbons (Fsp3) is 0.214. The fourth-order valence-electron chi connectivity index (χ4n) is 4.37. The van der Waals surface area contributed by atoms with Crippen molar-refractivity contribution in [3.63, 3.8) is 0 Å². The van der Waals surface area contributed by atoms with Crippen molar-refractivity contribution in [1.82, 2.24) is 14.1 Å². The predicted molar refractivity (Wildman–Crippen MR) is 144 cm³/mol. The van der Waals surface area contributed by atoms with Crippen molar-refractivity contribution in [3.8, 4) is 22.6 Å². The Labute approximate surface area is 228 Å². The second-order valence-corrected chi connectivity index (χ2v) is 9.19. The van der Waals surface area contributed by atoms with Gasteiger partial charge in [-0.15, -0.1) is 0 Å². The zero-order valence-corrected chi connectivity index (χ0v) is 22.0. The predicted octanol–water partition coefficient (Wildman–Crippen LogP) is 3.99. The minimum Gasteiger partial charge on any atom is -0.495 e. The van der Waals surface area contributed by atoms with Gasteiger partial charge in [0.15, 0.2) is 5.78 Å². The lowest BCUT2D eigenvalue weighted by Gasteiger charge is -2.21. The molecular weight excluding hydrogens is 527 g/mol. The molecule has 0 bridgehead atoms. The van der Waals surface area contributed by atoms with Gasteiger partial charge in [-0.3, -0.25) is 14.4 Å². The summed E-state index contributed by atoms with van der Waals surface area (Å²) < 4.78 is 28.2. The number of primary amides is 1. The third-order valence-corrected chi connectivity index (χ3v) is 6.51. The molecule has 1 amide bonds. The molecule has 1 atom stereocenters. The maximum absolute atomic E-state index is 14.3. The Morgan fingerprint density at radius 3 is 2.56 bits per heavy atom. The number of hydrogen-bond acceptors (Lipinski definition) is 6. The van der Waals surface area contributed by atoms with Crippen LogP contribution in [0.25, 0.3) is 16.8 Å². The fourth-order valence-corrected chi connectivity index (χ4v) is 4.54. The molecule has 0 spiro atoms. The number of nitrogens with two attached hydrogens (primary N) is 1. The van der Waals surface area contributed by atoms with Gasteiger partial charge in [0.25, 0.3) is 11.5 Å². The van der Waals surface area contributed by atoms with E-state index in [1.54, 1.807) is 41.5 Å². The maximum atomic E-state index is 14.3. The van der Waals surface area contributed by atoms with E-state index < -0.39 is 23.3 Å². The molecule has 0 saturated carbocycles. The number of rotatable bonds is 11. The first-order valence-corrected chi connectivity index (χ1v) is 12.3. The molecule has 2 heterocycles. The first-order chi connectivity index (χ1) is 18.7. The Morgan fingerprint density at radius 2 is 1.92 bits per heavy atom. The number of imidazole rings is 1. The lowest BCUT2D eigenvalue weighted by molar-refractivity contribution is -0.122. The third-order valence-electron chi connectivity index (χ3n) is 6.28. The monoisotopic (exact) mass is 552 g/mol. The number of carbonyl (C=O) groups excluding carboxylic acids is 2. The zero-order valence-electron chi connectivity index (χ0n) is 21.3. The average molecular weight is 553 g/mol. The van der Waals surface area contributed by atoms with E-state index in [0.29, 0.717) is 27.5 Å². The summed E-state index contributed by atoms with van der Waals surface area (Å²) in [5.41, 5.74) is 6.62. The minimum absolute atomic E-state index is 0.181. The summed E-state index contributed by atoms with van der Waals surface area (Å²) in [6.45, 7) is 0.195. The van der Waals surface area contributed by atoms with Crippen molar-refractivity contribution in [2.24, 2.45) is 5.73 Å². The van der Waals surface area contributed by atoms with Gasteiger partial charge in [-0.1, -0.05) is 17.7 Å². The standard InChI is InChI=1S/C28H26ClFN4O5/c1-38-10-7-24(25(35)12-17-3-5-19(28(31)37)22(30)11-17)34-15-26(39-2)21(14-27(34)36)20-13-18(29)4-6-23(20)33-9-8-32-16-33/h3-6,8-9,11,13-16,24H,7,10,12H2,1-2H3,(H2,31,37). The van der Waals surface area contributed by atoms with Gasteiger partial charge in [0.05, 0.1) is 36.9 Å². The third kappa shape index (κ3) is 6.08. The zero-order chi connectivity index (χ0) is 28.1. The Bertz CT molecular complexity index is 1570. The number of pyridine rings is 1. The van der Waals surface area contributed by atoms with Crippen molar-refractivity contribution in [2.75, 3.05) is 20.8 Å². The van der Waals surface area contributed by atoms with Crippen molar-refractivity contribution in [2.45, 2.75) is 18.9 Å². The van der Waals surface area contributed by atoms with Crippen molar-refractivity contribution < 1.29 is 23.5 Å². The molecule has 0 aliphatic rings. The van der Waals surface area contributed by atoms with Crippen LogP contribution in [0.1, 0.15) is 28.4 Å². The van der Waals surface area contributed by atoms with Crippen LogP contribution in [-0.4, -0.2) is 46.6 Å². The van der Waals surface area contributed by atoms with Crippen LogP contribution in [0.3, 0.4) is 0 Å². The van der Waals surface area contributed by atoms with Crippen LogP contribution in [0.15, 0.2) is 72.2 Å². The number of Topliss-reactive ketones (excluding diaryl/α,β-unsaturated/α-hetero) is 1. The highest BCUT2D eigenvalue weighted by Gasteiger charge is 2.25. The molecule has 0 aliphatic heterocycles. The van der Waals surface area contributed by atoms with E-state index in [1.807, 2.05) is 0 Å². The summed E-state index contributed by atoms with van der Waals surface area (Å²) >= 11 is 6.30. The second-order valence-electron chi connectivity index (χ2n) is 8.75. The lowest BCUT2D eigenvalue weighted by Crippen LogP contribution is -2.31. The largest absolute Gasteiger partial charge is 0.495 e. The van der Waals surface area contributed by atoms with Crippen LogP contribution >= 0.6 is 11.6 Å². The van der Waals surface area contributed by atoms with Gasteiger partial charge in [0.1, 0.15) is 11.6 Å². The van der Waals surface area contributed by atoms with Crippen molar-refractivity contribution in [1.29, 1.82) is 0 Å². The second kappa shape index (κ2) is 12.1. The number of ketones is 1. The normalized spacial score (nSPS) is 11.8. The molecule has 2 N–H and O–H groups in total.